The van der Waals surface area contributed by atoms with Gasteiger partial charge in [-0.2, -0.15) is 0 Å². The quantitative estimate of drug-likeness (QED) is 0.0147. The van der Waals surface area contributed by atoms with Gasteiger partial charge in [0.25, 0.3) is 0 Å². The second-order valence-electron chi connectivity index (χ2n) is 35.8. The molecule has 6 rings (SSSR count). The number of likely N-dealkylation sites (N-methyl/N-ethyl adjacent to an activating group) is 1. The largest absolute Gasteiger partial charge is 0.481 e. The number of aryl methyl sites for hydroxylation is 1. The molecule has 114 heavy (non-hydrogen) atoms. The summed E-state index contributed by atoms with van der Waals surface area (Å²) in [5, 5.41) is 35.7. The number of carbonyl (C=O) groups excluding carboxylic acids is 11. The number of aromatic amines is 1. The third-order valence-electron chi connectivity index (χ3n) is 21.0. The van der Waals surface area contributed by atoms with Gasteiger partial charge in [0.15, 0.2) is 0 Å². The predicted octanol–water partition coefficient (Wildman–Crippen LogP) is 6.50. The molecule has 11 amide bonds. The maximum Gasteiger partial charge on any atom is 0.307 e. The van der Waals surface area contributed by atoms with Crippen molar-refractivity contribution in [2.45, 2.75) is 276 Å². The van der Waals surface area contributed by atoms with Crippen molar-refractivity contribution in [2.75, 3.05) is 20.1 Å². The standard InChI is InChI=1S/C69H106N14O11Si.C16H26O2Si/c1-14-42(4)50(29-31-58(86)77-53(62(71)89)33-44-22-23-44)79-66(93)55(36-47-38-72-40-83(47)13)78-60(88)39-82(12)67(94)61(41(2)3)81-63(90)43(5)75-65(92)54(35-46-37-74-51-20-16-15-19-49(46)51)80-64(91)52(28-30-56(70)84)76-57(85)21-17-18-32-73-59(87)34-45-24-26-48(27-25-45)95(68(6,7)8)69(9,10)11;1-15(2,3)19(16(4,5)6)13-9-7-12(8-10-13)11-14(17)18/h15-16,19-20,24-27,37-38,40-44,50,52-55,61,74,95H,14,17-18,21-23,28-36,39H2,1-13H3,(H2,70,84)(H2,71,89)(H,73,87)(H,75,92)(H,76,85)(H,77,86)(H,78,88)(H,79,93)(H,80,91)(H,81,90);7-10,19H,11H2,1-6H3,(H,17,18)/t42-,43-,50+,52-,53-,54-,55-,61-;/m0./s1. The number of H-pyrrole nitrogens is 1. The molecule has 0 bridgehead atoms. The van der Waals surface area contributed by atoms with Crippen LogP contribution in [0.25, 0.3) is 10.9 Å². The number of carboxylic acids is 1. The van der Waals surface area contributed by atoms with Crippen LogP contribution in [0.1, 0.15) is 211 Å². The number of primary amides is 2. The molecule has 14 N–H and O–H groups in total. The Morgan fingerprint density at radius 2 is 1.12 bits per heavy atom. The van der Waals surface area contributed by atoms with E-state index in [2.05, 4.69) is 160 Å². The lowest BCUT2D eigenvalue weighted by Gasteiger charge is -2.40. The lowest BCUT2D eigenvalue weighted by Crippen LogP contribution is -2.59. The first kappa shape index (κ1) is 95.1. The van der Waals surface area contributed by atoms with Gasteiger partial charge in [0.1, 0.15) is 36.3 Å². The van der Waals surface area contributed by atoms with Gasteiger partial charge >= 0.3 is 5.97 Å². The molecule has 1 saturated carbocycles. The predicted molar refractivity (Wildman–Crippen MR) is 451 cm³/mol. The fourth-order valence-corrected chi connectivity index (χ4v) is 26.0. The van der Waals surface area contributed by atoms with E-state index in [4.69, 9.17) is 16.6 Å². The van der Waals surface area contributed by atoms with Crippen LogP contribution in [-0.4, -0.2) is 176 Å². The molecule has 0 saturated heterocycles. The average Bonchev–Trinajstić information content (AvgIpc) is 1.07. The maximum absolute atomic E-state index is 14.4. The summed E-state index contributed by atoms with van der Waals surface area (Å²) in [6.45, 7) is 36.1. The van der Waals surface area contributed by atoms with Crippen LogP contribution >= 0.6 is 0 Å². The summed E-state index contributed by atoms with van der Waals surface area (Å²) in [6.07, 6.45) is 8.74. The molecule has 0 radical (unpaired) electrons. The first-order chi connectivity index (χ1) is 53.2. The number of amides is 11. The zero-order chi connectivity index (χ0) is 85.3. The molecule has 1 fully saturated rings. The molecule has 5 aromatic rings. The Kier molecular flexibility index (Phi) is 36.1. The molecule has 0 aliphatic heterocycles. The van der Waals surface area contributed by atoms with Crippen molar-refractivity contribution in [3.8, 4) is 0 Å². The van der Waals surface area contributed by atoms with Gasteiger partial charge in [0.2, 0.25) is 65.0 Å². The molecule has 2 heterocycles. The average molecular weight is 1610 g/mol. The highest BCUT2D eigenvalue weighted by Crippen LogP contribution is 2.43. The first-order valence-corrected chi connectivity index (χ1v) is 43.7. The van der Waals surface area contributed by atoms with Crippen LogP contribution in [0.15, 0.2) is 91.5 Å². The third kappa shape index (κ3) is 31.4. The molecule has 8 atom stereocenters. The number of benzene rings is 3. The SMILES string of the molecule is CC(C)(C)[SiH](c1ccc(CC(=O)O)cc1)C(C)(C)C.CC[C@H](C)[C@@H](CCC(=O)N[C@@H](CC1CC1)C(N)=O)NC(=O)[C@H](Cc1cncn1C)NC(=O)CN(C)C(=O)[C@@H](NC(=O)[C@H](C)NC(=O)[C@H](Cc1c[nH]c2ccccc12)NC(=O)[C@H](CCC(N)=O)NC(=O)CCCCNC(=O)Cc1ccc([SiH](C(C)(C)C)C(C)(C)C)cc1)C(C)C. The number of aromatic nitrogens is 3. The van der Waals surface area contributed by atoms with E-state index in [0.29, 0.717) is 59.5 Å². The summed E-state index contributed by atoms with van der Waals surface area (Å²) >= 11 is 0. The van der Waals surface area contributed by atoms with Gasteiger partial charge in [-0.15, -0.1) is 0 Å². The summed E-state index contributed by atoms with van der Waals surface area (Å²) < 4.78 is 1.70. The number of nitrogens with two attached hydrogens (primary N) is 2. The van der Waals surface area contributed by atoms with Gasteiger partial charge in [-0.3, -0.25) is 57.5 Å². The molecule has 628 valence electrons. The van der Waals surface area contributed by atoms with Crippen molar-refractivity contribution < 1.29 is 62.6 Å². The van der Waals surface area contributed by atoms with E-state index in [9.17, 15) is 57.5 Å². The number of nitrogens with zero attached hydrogens (tertiary/aromatic N) is 3. The van der Waals surface area contributed by atoms with E-state index < -0.39 is 131 Å². The number of hydrogen-bond donors (Lipinski definition) is 12. The lowest BCUT2D eigenvalue weighted by atomic mass is 9.94. The Morgan fingerprint density at radius 1 is 0.596 bits per heavy atom. The van der Waals surface area contributed by atoms with Crippen LogP contribution in [0.2, 0.25) is 20.2 Å². The highest BCUT2D eigenvalue weighted by Gasteiger charge is 2.40. The normalized spacial score (nSPS) is 14.6. The number of imidazole rings is 1. The van der Waals surface area contributed by atoms with Crippen molar-refractivity contribution in [1.29, 1.82) is 0 Å². The smallest absolute Gasteiger partial charge is 0.307 e. The molecule has 2 aromatic heterocycles. The van der Waals surface area contributed by atoms with Crippen molar-refractivity contribution in [1.82, 2.24) is 62.0 Å². The fraction of sp³-hybridized carbons (Fsp3) is 0.588. The van der Waals surface area contributed by atoms with Gasteiger partial charge in [0.05, 0.1) is 43.3 Å². The van der Waals surface area contributed by atoms with Crippen LogP contribution in [0.5, 0.6) is 0 Å². The minimum absolute atomic E-state index is 0.00466. The van der Waals surface area contributed by atoms with E-state index in [1.807, 2.05) is 62.4 Å². The Labute approximate surface area is 677 Å². The van der Waals surface area contributed by atoms with Crippen LogP contribution in [0.4, 0.5) is 0 Å². The lowest BCUT2D eigenvalue weighted by molar-refractivity contribution is -0.140. The summed E-state index contributed by atoms with van der Waals surface area (Å²) in [7, 11) is 0.548. The third-order valence-corrected chi connectivity index (χ3v) is 30.1. The number of para-hydroxylation sites is 1. The number of carboxylic acid groups (broad SMARTS) is 1. The van der Waals surface area contributed by atoms with Gasteiger partial charge in [-0.05, 0) is 99.7 Å². The van der Waals surface area contributed by atoms with Crippen LogP contribution in [0.3, 0.4) is 0 Å². The van der Waals surface area contributed by atoms with E-state index in [0.717, 1.165) is 39.8 Å². The molecule has 3 aromatic carbocycles. The number of nitrogens with one attached hydrogen (secondary N) is 9. The number of aliphatic carboxylic acids is 1. The zero-order valence-electron chi connectivity index (χ0n) is 71.0. The summed E-state index contributed by atoms with van der Waals surface area (Å²) in [6, 6.07) is 16.3. The Hall–Kier alpha value is -9.52. The van der Waals surface area contributed by atoms with Gasteiger partial charge in [0, 0.05) is 87.8 Å². The molecule has 0 unspecified atom stereocenters. The minimum atomic E-state index is -1.39. The second kappa shape index (κ2) is 43.3. The number of hydrogen-bond acceptors (Lipinski definition) is 13. The fourth-order valence-electron chi connectivity index (χ4n) is 15.6. The van der Waals surface area contributed by atoms with Crippen LogP contribution in [-0.2, 0) is 90.3 Å². The first-order valence-electron chi connectivity index (χ1n) is 40.3. The van der Waals surface area contributed by atoms with Gasteiger partial charge in [-0.25, -0.2) is 4.98 Å². The van der Waals surface area contributed by atoms with E-state index in [1.165, 1.54) is 24.3 Å². The van der Waals surface area contributed by atoms with Crippen molar-refractivity contribution in [3.05, 3.63) is 114 Å². The molecule has 29 heteroatoms. The summed E-state index contributed by atoms with van der Waals surface area (Å²) in [5.41, 5.74) is 14.9. The van der Waals surface area contributed by atoms with Gasteiger partial charge < -0.3 is 73.6 Å². The molecular weight excluding hydrogens is 1480 g/mol. The topological polar surface area (TPSA) is 410 Å². The van der Waals surface area contributed by atoms with E-state index in [-0.39, 0.29) is 85.6 Å². The number of fused-ring (bicyclic) bond motifs is 1. The maximum atomic E-state index is 14.4. The molecule has 27 nitrogen and oxygen atoms in total. The van der Waals surface area contributed by atoms with Gasteiger partial charge in [-0.1, -0.05) is 207 Å². The Balaban J connectivity index is 0.00000106. The van der Waals surface area contributed by atoms with E-state index >= 15 is 0 Å². The summed E-state index contributed by atoms with van der Waals surface area (Å²) in [4.78, 5) is 168. The molecule has 1 aliphatic rings. The molecular formula is C85H132N14O13Si2. The van der Waals surface area contributed by atoms with Crippen molar-refractivity contribution in [2.24, 2.45) is 36.3 Å². The van der Waals surface area contributed by atoms with Crippen LogP contribution < -0.4 is 64.4 Å². The van der Waals surface area contributed by atoms with Crippen molar-refractivity contribution >= 4 is 110 Å². The van der Waals surface area contributed by atoms with E-state index in [1.54, 1.807) is 44.2 Å². The number of unbranched alkanes of at least 4 members (excludes halogenated alkanes) is 1. The molecule has 1 aliphatic carbocycles. The van der Waals surface area contributed by atoms with Crippen LogP contribution in [0, 0.1) is 17.8 Å². The monoisotopic (exact) mass is 1610 g/mol. The highest BCUT2D eigenvalue weighted by atomic mass is 28.3. The Morgan fingerprint density at radius 3 is 1.64 bits per heavy atom. The second-order valence-corrected chi connectivity index (χ2v) is 45.8. The minimum Gasteiger partial charge on any atom is -0.481 e. The zero-order valence-corrected chi connectivity index (χ0v) is 73.3. The van der Waals surface area contributed by atoms with Crippen molar-refractivity contribution in [3.63, 3.8) is 0 Å². The number of carbonyl (C=O) groups is 12. The summed E-state index contributed by atoms with van der Waals surface area (Å²) in [5.74, 6) is -7.63. The Bertz CT molecular complexity index is 4040. The number of rotatable bonds is 41. The highest BCUT2D eigenvalue weighted by molar-refractivity contribution is 6.79. The molecule has 0 spiro atoms.